The second-order valence-corrected chi connectivity index (χ2v) is 8.58. The molecule has 1 aromatic heterocycles. The molecule has 2 heterocycles. The van der Waals surface area contributed by atoms with E-state index in [4.69, 9.17) is 0 Å². The van der Waals surface area contributed by atoms with Crippen LogP contribution in [-0.4, -0.2) is 42.6 Å². The molecule has 2 N–H and O–H groups in total. The van der Waals surface area contributed by atoms with Gasteiger partial charge in [-0.3, -0.25) is 14.6 Å². The van der Waals surface area contributed by atoms with Gasteiger partial charge in [0.25, 0.3) is 0 Å². The van der Waals surface area contributed by atoms with E-state index >= 15 is 0 Å². The van der Waals surface area contributed by atoms with E-state index < -0.39 is 15.9 Å². The van der Waals surface area contributed by atoms with Crippen molar-refractivity contribution in [3.8, 4) is 0 Å². The van der Waals surface area contributed by atoms with E-state index in [0.717, 1.165) is 0 Å². The Bertz CT molecular complexity index is 946. The van der Waals surface area contributed by atoms with Crippen molar-refractivity contribution in [1.29, 1.82) is 0 Å². The highest BCUT2D eigenvalue weighted by atomic mass is 32.2. The third-order valence-electron chi connectivity index (χ3n) is 4.50. The minimum Gasteiger partial charge on any atom is -0.326 e. The van der Waals surface area contributed by atoms with Crippen molar-refractivity contribution >= 4 is 33.2 Å². The first-order valence-corrected chi connectivity index (χ1v) is 10.4. The Balaban J connectivity index is 1.70. The van der Waals surface area contributed by atoms with Crippen LogP contribution in [0.15, 0.2) is 53.7 Å². The fourth-order valence-corrected chi connectivity index (χ4v) is 4.64. The van der Waals surface area contributed by atoms with Gasteiger partial charge in [-0.25, -0.2) is 8.42 Å². The van der Waals surface area contributed by atoms with Gasteiger partial charge in [0.2, 0.25) is 21.8 Å². The van der Waals surface area contributed by atoms with Crippen LogP contribution >= 0.6 is 0 Å². The van der Waals surface area contributed by atoms with E-state index in [9.17, 15) is 18.0 Å². The number of carbonyl (C=O) groups excluding carboxylic acids is 2. The average Bonchev–Trinajstić information content (AvgIpc) is 2.69. The SMILES string of the molecule is CC(=O)Nc1ccc(S(=O)(=O)N2CCC[C@@H](C(=O)Nc3cccnc3)C2)cc1. The van der Waals surface area contributed by atoms with E-state index in [2.05, 4.69) is 15.6 Å². The van der Waals surface area contributed by atoms with Crippen LogP contribution in [0.2, 0.25) is 0 Å². The molecular formula is C19H22N4O4S. The maximum Gasteiger partial charge on any atom is 0.243 e. The molecule has 0 radical (unpaired) electrons. The fourth-order valence-electron chi connectivity index (χ4n) is 3.12. The molecule has 0 spiro atoms. The summed E-state index contributed by atoms with van der Waals surface area (Å²) in [5.74, 6) is -0.870. The van der Waals surface area contributed by atoms with Crippen molar-refractivity contribution in [2.45, 2.75) is 24.7 Å². The molecule has 1 fully saturated rings. The van der Waals surface area contributed by atoms with E-state index in [1.165, 1.54) is 23.4 Å². The summed E-state index contributed by atoms with van der Waals surface area (Å²) >= 11 is 0. The summed E-state index contributed by atoms with van der Waals surface area (Å²) in [6.45, 7) is 1.88. The molecule has 1 saturated heterocycles. The van der Waals surface area contributed by atoms with Crippen molar-refractivity contribution in [2.75, 3.05) is 23.7 Å². The van der Waals surface area contributed by atoms with Gasteiger partial charge in [-0.1, -0.05) is 0 Å². The highest BCUT2D eigenvalue weighted by Crippen LogP contribution is 2.25. The van der Waals surface area contributed by atoms with Crippen LogP contribution in [0.25, 0.3) is 0 Å². The largest absolute Gasteiger partial charge is 0.326 e. The van der Waals surface area contributed by atoms with Gasteiger partial charge < -0.3 is 10.6 Å². The monoisotopic (exact) mass is 402 g/mol. The van der Waals surface area contributed by atoms with E-state index in [-0.39, 0.29) is 23.3 Å². The molecule has 2 aromatic rings. The number of carbonyl (C=O) groups is 2. The average molecular weight is 402 g/mol. The third kappa shape index (κ3) is 4.73. The van der Waals surface area contributed by atoms with Gasteiger partial charge in [-0.15, -0.1) is 0 Å². The van der Waals surface area contributed by atoms with Crippen molar-refractivity contribution in [3.05, 3.63) is 48.8 Å². The first-order valence-electron chi connectivity index (χ1n) is 8.95. The molecule has 0 aliphatic carbocycles. The molecule has 1 aliphatic rings. The van der Waals surface area contributed by atoms with Gasteiger partial charge in [-0.05, 0) is 49.2 Å². The third-order valence-corrected chi connectivity index (χ3v) is 6.38. The normalized spacial score (nSPS) is 17.7. The van der Waals surface area contributed by atoms with Crippen molar-refractivity contribution in [2.24, 2.45) is 5.92 Å². The minimum atomic E-state index is -3.72. The summed E-state index contributed by atoms with van der Waals surface area (Å²) < 4.78 is 27.2. The molecular weight excluding hydrogens is 380 g/mol. The smallest absolute Gasteiger partial charge is 0.243 e. The van der Waals surface area contributed by atoms with Gasteiger partial charge in [0.05, 0.1) is 22.7 Å². The summed E-state index contributed by atoms with van der Waals surface area (Å²) in [4.78, 5) is 27.7. The molecule has 1 atom stereocenters. The molecule has 9 heteroatoms. The number of aromatic nitrogens is 1. The lowest BCUT2D eigenvalue weighted by Gasteiger charge is -2.31. The molecule has 0 saturated carbocycles. The van der Waals surface area contributed by atoms with Crippen molar-refractivity contribution < 1.29 is 18.0 Å². The summed E-state index contributed by atoms with van der Waals surface area (Å²) in [6, 6.07) is 9.46. The predicted molar refractivity (Wildman–Crippen MR) is 105 cm³/mol. The number of nitrogens with one attached hydrogen (secondary N) is 2. The first kappa shape index (κ1) is 20.0. The van der Waals surface area contributed by atoms with E-state index in [1.54, 1.807) is 36.7 Å². The zero-order valence-corrected chi connectivity index (χ0v) is 16.3. The Morgan fingerprint density at radius 1 is 1.11 bits per heavy atom. The number of nitrogens with zero attached hydrogens (tertiary/aromatic N) is 2. The molecule has 0 bridgehead atoms. The Hall–Kier alpha value is -2.78. The van der Waals surface area contributed by atoms with Gasteiger partial charge >= 0.3 is 0 Å². The van der Waals surface area contributed by atoms with Gasteiger partial charge in [0, 0.05) is 31.9 Å². The zero-order valence-electron chi connectivity index (χ0n) is 15.5. The van der Waals surface area contributed by atoms with Crippen LogP contribution in [0, 0.1) is 5.92 Å². The molecule has 1 aliphatic heterocycles. The molecule has 8 nitrogen and oxygen atoms in total. The van der Waals surface area contributed by atoms with Crippen LogP contribution in [0.1, 0.15) is 19.8 Å². The molecule has 0 unspecified atom stereocenters. The van der Waals surface area contributed by atoms with Crippen LogP contribution < -0.4 is 10.6 Å². The Morgan fingerprint density at radius 2 is 1.86 bits per heavy atom. The summed E-state index contributed by atoms with van der Waals surface area (Å²) in [7, 11) is -3.72. The molecule has 2 amide bonds. The van der Waals surface area contributed by atoms with Gasteiger partial charge in [-0.2, -0.15) is 4.31 Å². The second-order valence-electron chi connectivity index (χ2n) is 6.64. The topological polar surface area (TPSA) is 108 Å². The number of pyridine rings is 1. The van der Waals surface area contributed by atoms with Crippen LogP contribution in [0.5, 0.6) is 0 Å². The fraction of sp³-hybridized carbons (Fsp3) is 0.316. The van der Waals surface area contributed by atoms with E-state index in [1.807, 2.05) is 0 Å². The number of hydrogen-bond acceptors (Lipinski definition) is 5. The summed E-state index contributed by atoms with van der Waals surface area (Å²) in [6.07, 6.45) is 4.39. The van der Waals surface area contributed by atoms with Gasteiger partial charge in [0.15, 0.2) is 0 Å². The lowest BCUT2D eigenvalue weighted by Crippen LogP contribution is -2.43. The first-order chi connectivity index (χ1) is 13.4. The number of rotatable bonds is 5. The number of amides is 2. The van der Waals surface area contributed by atoms with Crippen LogP contribution in [0.4, 0.5) is 11.4 Å². The highest BCUT2D eigenvalue weighted by molar-refractivity contribution is 7.89. The Morgan fingerprint density at radius 3 is 2.50 bits per heavy atom. The maximum atomic E-state index is 12.9. The Kier molecular flexibility index (Phi) is 6.05. The number of hydrogen-bond donors (Lipinski definition) is 2. The lowest BCUT2D eigenvalue weighted by molar-refractivity contribution is -0.121. The molecule has 148 valence electrons. The molecule has 3 rings (SSSR count). The quantitative estimate of drug-likeness (QED) is 0.796. The second kappa shape index (κ2) is 8.49. The van der Waals surface area contributed by atoms with Crippen molar-refractivity contribution in [3.63, 3.8) is 0 Å². The maximum absolute atomic E-state index is 12.9. The summed E-state index contributed by atoms with van der Waals surface area (Å²) in [5.41, 5.74) is 1.11. The lowest BCUT2D eigenvalue weighted by atomic mass is 9.99. The number of sulfonamides is 1. The van der Waals surface area contributed by atoms with Gasteiger partial charge in [0.1, 0.15) is 0 Å². The zero-order chi connectivity index (χ0) is 20.1. The number of benzene rings is 1. The number of piperidine rings is 1. The van der Waals surface area contributed by atoms with Crippen LogP contribution in [-0.2, 0) is 19.6 Å². The van der Waals surface area contributed by atoms with Crippen molar-refractivity contribution in [1.82, 2.24) is 9.29 Å². The summed E-state index contributed by atoms with van der Waals surface area (Å²) in [5, 5.41) is 5.39. The van der Waals surface area contributed by atoms with Crippen LogP contribution in [0.3, 0.4) is 0 Å². The number of anilines is 2. The Labute approximate surface area is 164 Å². The van der Waals surface area contributed by atoms with E-state index in [0.29, 0.717) is 30.8 Å². The highest BCUT2D eigenvalue weighted by Gasteiger charge is 2.33. The predicted octanol–water partition coefficient (Wildman–Crippen LogP) is 2.08. The molecule has 1 aromatic carbocycles. The standard InChI is InChI=1S/C19H22N4O4S/c1-14(24)21-16-6-8-18(9-7-16)28(26,27)23-11-3-4-15(13-23)19(25)22-17-5-2-10-20-12-17/h2,5-10,12,15H,3-4,11,13H2,1H3,(H,21,24)(H,22,25)/t15-/m1/s1. The molecule has 28 heavy (non-hydrogen) atoms. The minimum absolute atomic E-state index is 0.127.